The Hall–Kier alpha value is -2.53. The predicted molar refractivity (Wildman–Crippen MR) is 100.0 cm³/mol. The molecule has 0 fully saturated rings. The van der Waals surface area contributed by atoms with E-state index in [4.69, 9.17) is 9.47 Å². The highest BCUT2D eigenvalue weighted by Crippen LogP contribution is 2.30. The van der Waals surface area contributed by atoms with Crippen molar-refractivity contribution in [3.63, 3.8) is 0 Å². The molecular formula is C21H25N2O3+. The SMILES string of the molecule is C[C@H](C(=O)N1CCc2ccccc21)[NH+](C)Cc1ccc2c(c1)OCCO2. The summed E-state index contributed by atoms with van der Waals surface area (Å²) in [6.45, 7) is 4.73. The van der Waals surface area contributed by atoms with Gasteiger partial charge in [-0.05, 0) is 43.2 Å². The minimum Gasteiger partial charge on any atom is -0.486 e. The van der Waals surface area contributed by atoms with Crippen LogP contribution in [0, 0.1) is 0 Å². The summed E-state index contributed by atoms with van der Waals surface area (Å²) in [7, 11) is 2.07. The number of carbonyl (C=O) groups is 1. The van der Waals surface area contributed by atoms with Crippen LogP contribution >= 0.6 is 0 Å². The van der Waals surface area contributed by atoms with Crippen LogP contribution in [0.3, 0.4) is 0 Å². The van der Waals surface area contributed by atoms with Crippen LogP contribution in [0.5, 0.6) is 11.5 Å². The molecule has 2 aromatic rings. The molecule has 0 aliphatic carbocycles. The summed E-state index contributed by atoms with van der Waals surface area (Å²) in [5.41, 5.74) is 3.47. The molecule has 2 aliphatic heterocycles. The van der Waals surface area contributed by atoms with Crippen molar-refractivity contribution in [3.05, 3.63) is 53.6 Å². The van der Waals surface area contributed by atoms with Crippen LogP contribution in [-0.2, 0) is 17.8 Å². The zero-order valence-corrected chi connectivity index (χ0v) is 15.3. The van der Waals surface area contributed by atoms with Crippen LogP contribution < -0.4 is 19.3 Å². The van der Waals surface area contributed by atoms with Crippen LogP contribution in [-0.4, -0.2) is 38.8 Å². The number of rotatable bonds is 4. The minimum absolute atomic E-state index is 0.116. The van der Waals surface area contributed by atoms with Gasteiger partial charge < -0.3 is 19.3 Å². The summed E-state index contributed by atoms with van der Waals surface area (Å²) in [4.78, 5) is 16.1. The van der Waals surface area contributed by atoms with E-state index in [9.17, 15) is 4.79 Å². The molecule has 2 aromatic carbocycles. The molecule has 5 heteroatoms. The van der Waals surface area contributed by atoms with E-state index in [0.29, 0.717) is 13.2 Å². The van der Waals surface area contributed by atoms with Gasteiger partial charge in [0, 0.05) is 17.8 Å². The molecule has 5 nitrogen and oxygen atoms in total. The second kappa shape index (κ2) is 7.00. The number of ether oxygens (including phenoxy) is 2. The van der Waals surface area contributed by atoms with Gasteiger partial charge in [0.1, 0.15) is 19.8 Å². The second-order valence-corrected chi connectivity index (χ2v) is 7.09. The molecule has 4 rings (SSSR count). The number of nitrogens with one attached hydrogen (secondary N) is 1. The number of para-hydroxylation sites is 1. The van der Waals surface area contributed by atoms with Gasteiger partial charge >= 0.3 is 0 Å². The first-order chi connectivity index (χ1) is 12.6. The summed E-state index contributed by atoms with van der Waals surface area (Å²) in [5.74, 6) is 1.79. The van der Waals surface area contributed by atoms with Crippen molar-refractivity contribution in [2.24, 2.45) is 0 Å². The van der Waals surface area contributed by atoms with Gasteiger partial charge in [0.2, 0.25) is 0 Å². The maximum absolute atomic E-state index is 13.0. The van der Waals surface area contributed by atoms with Gasteiger partial charge in [0.15, 0.2) is 17.5 Å². The van der Waals surface area contributed by atoms with Gasteiger partial charge in [-0.1, -0.05) is 18.2 Å². The van der Waals surface area contributed by atoms with Crippen molar-refractivity contribution in [1.82, 2.24) is 0 Å². The highest BCUT2D eigenvalue weighted by atomic mass is 16.6. The Kier molecular flexibility index (Phi) is 4.55. The summed E-state index contributed by atoms with van der Waals surface area (Å²) >= 11 is 0. The van der Waals surface area contributed by atoms with Crippen molar-refractivity contribution in [2.45, 2.75) is 25.9 Å². The lowest BCUT2D eigenvalue weighted by atomic mass is 10.1. The quantitative estimate of drug-likeness (QED) is 0.905. The normalized spacial score (nSPS) is 17.5. The lowest BCUT2D eigenvalue weighted by Crippen LogP contribution is -3.12. The Labute approximate surface area is 154 Å². The molecule has 0 bridgehead atoms. The van der Waals surface area contributed by atoms with Gasteiger partial charge in [-0.3, -0.25) is 4.79 Å². The second-order valence-electron chi connectivity index (χ2n) is 7.09. The van der Waals surface area contributed by atoms with E-state index >= 15 is 0 Å². The van der Waals surface area contributed by atoms with E-state index < -0.39 is 0 Å². The molecular weight excluding hydrogens is 328 g/mol. The van der Waals surface area contributed by atoms with E-state index in [1.165, 1.54) is 5.56 Å². The van der Waals surface area contributed by atoms with Crippen LogP contribution in [0.4, 0.5) is 5.69 Å². The zero-order chi connectivity index (χ0) is 18.1. The molecule has 2 heterocycles. The number of fused-ring (bicyclic) bond motifs is 2. The summed E-state index contributed by atoms with van der Waals surface area (Å²) < 4.78 is 11.2. The molecule has 2 atom stereocenters. The highest BCUT2D eigenvalue weighted by molar-refractivity contribution is 5.97. The summed E-state index contributed by atoms with van der Waals surface area (Å²) in [6.07, 6.45) is 0.940. The number of hydrogen-bond donors (Lipinski definition) is 1. The Balaban J connectivity index is 1.45. The Morgan fingerprint density at radius 3 is 2.77 bits per heavy atom. The number of nitrogens with zero attached hydrogens (tertiary/aromatic N) is 1. The van der Waals surface area contributed by atoms with Crippen LogP contribution in [0.1, 0.15) is 18.1 Å². The molecule has 0 saturated heterocycles. The van der Waals surface area contributed by atoms with Gasteiger partial charge in [-0.15, -0.1) is 0 Å². The number of likely N-dealkylation sites (N-methyl/N-ethyl adjacent to an activating group) is 1. The molecule has 0 saturated carbocycles. The third kappa shape index (κ3) is 3.15. The first kappa shape index (κ1) is 16.9. The predicted octanol–water partition coefficient (Wildman–Crippen LogP) is 1.45. The number of benzene rings is 2. The molecule has 1 N–H and O–H groups in total. The first-order valence-corrected chi connectivity index (χ1v) is 9.23. The number of amides is 1. The fourth-order valence-corrected chi connectivity index (χ4v) is 3.68. The maximum atomic E-state index is 13.0. The first-order valence-electron chi connectivity index (χ1n) is 9.23. The Morgan fingerprint density at radius 2 is 1.92 bits per heavy atom. The molecule has 1 amide bonds. The van der Waals surface area contributed by atoms with E-state index in [0.717, 1.165) is 47.2 Å². The van der Waals surface area contributed by atoms with Crippen molar-refractivity contribution in [1.29, 1.82) is 0 Å². The van der Waals surface area contributed by atoms with E-state index in [2.05, 4.69) is 19.2 Å². The molecule has 0 radical (unpaired) electrons. The average molecular weight is 353 g/mol. The molecule has 1 unspecified atom stereocenters. The number of carbonyl (C=O) groups excluding carboxylic acids is 1. The Morgan fingerprint density at radius 1 is 1.15 bits per heavy atom. The fraction of sp³-hybridized carbons (Fsp3) is 0.381. The monoisotopic (exact) mass is 353 g/mol. The van der Waals surface area contributed by atoms with Crippen molar-refractivity contribution >= 4 is 11.6 Å². The molecule has 136 valence electrons. The van der Waals surface area contributed by atoms with Gasteiger partial charge in [-0.25, -0.2) is 0 Å². The summed E-state index contributed by atoms with van der Waals surface area (Å²) in [5, 5.41) is 0. The van der Waals surface area contributed by atoms with Crippen molar-refractivity contribution in [3.8, 4) is 11.5 Å². The van der Waals surface area contributed by atoms with Crippen LogP contribution in [0.2, 0.25) is 0 Å². The number of anilines is 1. The fourth-order valence-electron chi connectivity index (χ4n) is 3.68. The number of hydrogen-bond acceptors (Lipinski definition) is 3. The third-order valence-electron chi connectivity index (χ3n) is 5.35. The van der Waals surface area contributed by atoms with Gasteiger partial charge in [-0.2, -0.15) is 0 Å². The average Bonchev–Trinajstić information content (AvgIpc) is 3.11. The van der Waals surface area contributed by atoms with E-state index in [-0.39, 0.29) is 11.9 Å². The lowest BCUT2D eigenvalue weighted by Gasteiger charge is -2.26. The van der Waals surface area contributed by atoms with Gasteiger partial charge in [0.25, 0.3) is 5.91 Å². The molecule has 0 aromatic heterocycles. The number of quaternary nitrogens is 1. The molecule has 2 aliphatic rings. The summed E-state index contributed by atoms with van der Waals surface area (Å²) in [6, 6.07) is 14.1. The minimum atomic E-state index is -0.116. The van der Waals surface area contributed by atoms with Gasteiger partial charge in [0.05, 0.1) is 7.05 Å². The molecule has 26 heavy (non-hydrogen) atoms. The Bertz CT molecular complexity index is 821. The third-order valence-corrected chi connectivity index (χ3v) is 5.35. The molecule has 0 spiro atoms. The maximum Gasteiger partial charge on any atom is 0.284 e. The van der Waals surface area contributed by atoms with Crippen molar-refractivity contribution in [2.75, 3.05) is 31.7 Å². The largest absolute Gasteiger partial charge is 0.486 e. The van der Waals surface area contributed by atoms with E-state index in [1.54, 1.807) is 0 Å². The highest BCUT2D eigenvalue weighted by Gasteiger charge is 2.32. The van der Waals surface area contributed by atoms with E-state index in [1.807, 2.05) is 42.2 Å². The smallest absolute Gasteiger partial charge is 0.284 e. The van der Waals surface area contributed by atoms with Crippen LogP contribution in [0.25, 0.3) is 0 Å². The van der Waals surface area contributed by atoms with Crippen LogP contribution in [0.15, 0.2) is 42.5 Å². The lowest BCUT2D eigenvalue weighted by molar-refractivity contribution is -0.908. The topological polar surface area (TPSA) is 43.2 Å². The zero-order valence-electron chi connectivity index (χ0n) is 15.3. The standard InChI is InChI=1S/C21H24N2O3/c1-15(21(24)23-10-9-17-5-3-4-6-18(17)23)22(2)14-16-7-8-19-20(13-16)26-12-11-25-19/h3-8,13,15H,9-12,14H2,1-2H3/p+1/t15-/m1/s1. The van der Waals surface area contributed by atoms with Crippen molar-refractivity contribution < 1.29 is 19.2 Å².